The van der Waals surface area contributed by atoms with E-state index in [2.05, 4.69) is 10.3 Å². The Hall–Kier alpha value is -2.41. The molecule has 1 heterocycles. The molecule has 0 bridgehead atoms. The molecule has 0 spiro atoms. The number of nitrogens with one attached hydrogen (secondary N) is 1. The Morgan fingerprint density at radius 2 is 2.04 bits per heavy atom. The van der Waals surface area contributed by atoms with Crippen molar-refractivity contribution >= 4 is 23.2 Å². The number of carboxylic acid groups (broad SMARTS) is 1. The van der Waals surface area contributed by atoms with E-state index in [0.29, 0.717) is 25.1 Å². The maximum atomic E-state index is 11.9. The Balaban J connectivity index is 1.86. The smallest absolute Gasteiger partial charge is 0.303 e. The number of nitrogens with zero attached hydrogens (tertiary/aromatic N) is 1. The normalized spacial score (nSPS) is 10.3. The fraction of sp³-hybridized carbons (Fsp3) is 0.312. The molecule has 6 nitrogen and oxygen atoms in total. The summed E-state index contributed by atoms with van der Waals surface area (Å²) in [7, 11) is 1.62. The number of benzene rings is 1. The molecule has 0 aliphatic carbocycles. The van der Waals surface area contributed by atoms with Crippen LogP contribution in [0.1, 0.15) is 33.9 Å². The molecule has 0 radical (unpaired) electrons. The fourth-order valence-electron chi connectivity index (χ4n) is 1.95. The summed E-state index contributed by atoms with van der Waals surface area (Å²) in [6, 6.07) is 7.70. The Morgan fingerprint density at radius 1 is 1.30 bits per heavy atom. The third kappa shape index (κ3) is 5.37. The number of aliphatic carboxylic acids is 1. The minimum Gasteiger partial charge on any atom is -0.497 e. The minimum absolute atomic E-state index is 0.0417. The van der Waals surface area contributed by atoms with E-state index < -0.39 is 5.97 Å². The average molecular weight is 334 g/mol. The summed E-state index contributed by atoms with van der Waals surface area (Å²) >= 11 is 1.43. The van der Waals surface area contributed by atoms with Crippen molar-refractivity contribution in [3.63, 3.8) is 0 Å². The Bertz CT molecular complexity index is 667. The van der Waals surface area contributed by atoms with Crippen molar-refractivity contribution in [1.29, 1.82) is 0 Å². The molecular formula is C16H18N2O4S. The molecular weight excluding hydrogens is 316 g/mol. The number of hydrogen-bond acceptors (Lipinski definition) is 5. The Kier molecular flexibility index (Phi) is 6.10. The standard InChI is InChI=1S/C16H18N2O4S/c1-22-12-6-4-11(5-7-12)9-14-18-13(10-23-14)16(21)17-8-2-3-15(19)20/h4-7,10H,2-3,8-9H2,1H3,(H,17,21)(H,19,20). The van der Waals surface area contributed by atoms with Gasteiger partial charge >= 0.3 is 5.97 Å². The molecule has 23 heavy (non-hydrogen) atoms. The second kappa shape index (κ2) is 8.28. The number of ether oxygens (including phenoxy) is 1. The maximum absolute atomic E-state index is 11.9. The summed E-state index contributed by atoms with van der Waals surface area (Å²) in [6.45, 7) is 0.330. The molecule has 0 saturated heterocycles. The van der Waals surface area contributed by atoms with E-state index in [0.717, 1.165) is 16.3 Å². The lowest BCUT2D eigenvalue weighted by molar-refractivity contribution is -0.137. The van der Waals surface area contributed by atoms with Crippen LogP contribution in [-0.2, 0) is 11.2 Å². The van der Waals surface area contributed by atoms with Crippen LogP contribution in [0.2, 0.25) is 0 Å². The number of amides is 1. The third-order valence-electron chi connectivity index (χ3n) is 3.15. The molecule has 0 atom stereocenters. The first-order valence-electron chi connectivity index (χ1n) is 7.16. The van der Waals surface area contributed by atoms with Crippen LogP contribution >= 0.6 is 11.3 Å². The number of carbonyl (C=O) groups excluding carboxylic acids is 1. The average Bonchev–Trinajstić information content (AvgIpc) is 3.00. The van der Waals surface area contributed by atoms with Crippen molar-refractivity contribution in [1.82, 2.24) is 10.3 Å². The lowest BCUT2D eigenvalue weighted by Crippen LogP contribution is -2.25. The van der Waals surface area contributed by atoms with Gasteiger partial charge in [0.2, 0.25) is 0 Å². The number of aromatic nitrogens is 1. The summed E-state index contributed by atoms with van der Waals surface area (Å²) in [5, 5.41) is 13.8. The van der Waals surface area contributed by atoms with E-state index in [9.17, 15) is 9.59 Å². The quantitative estimate of drug-likeness (QED) is 0.723. The molecule has 0 aliphatic heterocycles. The van der Waals surface area contributed by atoms with E-state index in [1.54, 1.807) is 12.5 Å². The zero-order valence-electron chi connectivity index (χ0n) is 12.7. The van der Waals surface area contributed by atoms with Crippen LogP contribution in [0.3, 0.4) is 0 Å². The van der Waals surface area contributed by atoms with Crippen LogP contribution < -0.4 is 10.1 Å². The second-order valence-corrected chi connectivity index (χ2v) is 5.85. The largest absolute Gasteiger partial charge is 0.497 e. The molecule has 2 aromatic rings. The van der Waals surface area contributed by atoms with Gasteiger partial charge in [0, 0.05) is 24.8 Å². The summed E-state index contributed by atoms with van der Waals surface area (Å²) in [5.74, 6) is -0.336. The molecule has 2 rings (SSSR count). The van der Waals surface area contributed by atoms with Gasteiger partial charge in [-0.15, -0.1) is 11.3 Å². The van der Waals surface area contributed by atoms with E-state index in [4.69, 9.17) is 9.84 Å². The highest BCUT2D eigenvalue weighted by atomic mass is 32.1. The lowest BCUT2D eigenvalue weighted by Gasteiger charge is -2.02. The van der Waals surface area contributed by atoms with Gasteiger partial charge < -0.3 is 15.2 Å². The molecule has 0 saturated carbocycles. The topological polar surface area (TPSA) is 88.5 Å². The van der Waals surface area contributed by atoms with Crippen molar-refractivity contribution < 1.29 is 19.4 Å². The highest BCUT2D eigenvalue weighted by molar-refractivity contribution is 7.09. The molecule has 0 unspecified atom stereocenters. The van der Waals surface area contributed by atoms with Gasteiger partial charge in [0.15, 0.2) is 0 Å². The number of rotatable bonds is 8. The first-order chi connectivity index (χ1) is 11.1. The molecule has 1 aromatic carbocycles. The first-order valence-corrected chi connectivity index (χ1v) is 8.04. The van der Waals surface area contributed by atoms with Crippen molar-refractivity contribution in [2.75, 3.05) is 13.7 Å². The third-order valence-corrected chi connectivity index (χ3v) is 4.00. The monoisotopic (exact) mass is 334 g/mol. The predicted molar refractivity (Wildman–Crippen MR) is 87.1 cm³/mol. The van der Waals surface area contributed by atoms with Gasteiger partial charge in [0.1, 0.15) is 11.4 Å². The predicted octanol–water partition coefficient (Wildman–Crippen LogP) is 2.34. The van der Waals surface area contributed by atoms with Crippen LogP contribution in [0.25, 0.3) is 0 Å². The van der Waals surface area contributed by atoms with Crippen molar-refractivity contribution in [3.8, 4) is 5.75 Å². The van der Waals surface area contributed by atoms with Crippen molar-refractivity contribution in [3.05, 3.63) is 45.9 Å². The van der Waals surface area contributed by atoms with Crippen molar-refractivity contribution in [2.24, 2.45) is 0 Å². The zero-order valence-corrected chi connectivity index (χ0v) is 13.6. The highest BCUT2D eigenvalue weighted by Gasteiger charge is 2.11. The van der Waals surface area contributed by atoms with E-state index in [1.807, 2.05) is 24.3 Å². The number of carbonyl (C=O) groups is 2. The van der Waals surface area contributed by atoms with Gasteiger partial charge in [-0.1, -0.05) is 12.1 Å². The van der Waals surface area contributed by atoms with Gasteiger partial charge in [-0.2, -0.15) is 0 Å². The highest BCUT2D eigenvalue weighted by Crippen LogP contribution is 2.17. The molecule has 1 amide bonds. The second-order valence-electron chi connectivity index (χ2n) is 4.90. The van der Waals surface area contributed by atoms with Crippen LogP contribution in [0, 0.1) is 0 Å². The van der Waals surface area contributed by atoms with Gasteiger partial charge in [-0.3, -0.25) is 9.59 Å². The molecule has 0 fully saturated rings. The van der Waals surface area contributed by atoms with Crippen LogP contribution in [0.5, 0.6) is 5.75 Å². The summed E-state index contributed by atoms with van der Waals surface area (Å²) < 4.78 is 5.11. The number of methoxy groups -OCH3 is 1. The van der Waals surface area contributed by atoms with Gasteiger partial charge in [-0.25, -0.2) is 4.98 Å². The summed E-state index contributed by atoms with van der Waals surface area (Å²) in [5.41, 5.74) is 1.46. The minimum atomic E-state index is -0.866. The molecule has 122 valence electrons. The number of carboxylic acids is 1. The summed E-state index contributed by atoms with van der Waals surface area (Å²) in [4.78, 5) is 26.6. The van der Waals surface area contributed by atoms with Gasteiger partial charge in [-0.05, 0) is 24.1 Å². The Labute approximate surface area is 138 Å². The molecule has 0 aliphatic rings. The maximum Gasteiger partial charge on any atom is 0.303 e. The van der Waals surface area contributed by atoms with E-state index in [1.165, 1.54) is 11.3 Å². The molecule has 7 heteroatoms. The number of thiazole rings is 1. The van der Waals surface area contributed by atoms with E-state index in [-0.39, 0.29) is 12.3 Å². The van der Waals surface area contributed by atoms with Crippen molar-refractivity contribution in [2.45, 2.75) is 19.3 Å². The van der Waals surface area contributed by atoms with E-state index >= 15 is 0 Å². The van der Waals surface area contributed by atoms with Gasteiger partial charge in [0.05, 0.1) is 12.1 Å². The van der Waals surface area contributed by atoms with Gasteiger partial charge in [0.25, 0.3) is 5.91 Å². The number of hydrogen-bond donors (Lipinski definition) is 2. The Morgan fingerprint density at radius 3 is 2.70 bits per heavy atom. The fourth-order valence-corrected chi connectivity index (χ4v) is 2.75. The SMILES string of the molecule is COc1ccc(Cc2nc(C(=O)NCCCC(=O)O)cs2)cc1. The first kappa shape index (κ1) is 17.0. The van der Waals surface area contributed by atoms with Crippen LogP contribution in [0.4, 0.5) is 0 Å². The molecule has 1 aromatic heterocycles. The summed E-state index contributed by atoms with van der Waals surface area (Å²) in [6.07, 6.45) is 1.10. The lowest BCUT2D eigenvalue weighted by atomic mass is 10.1. The van der Waals surface area contributed by atoms with Crippen LogP contribution in [-0.4, -0.2) is 35.6 Å². The molecule has 2 N–H and O–H groups in total. The van der Waals surface area contributed by atoms with Crippen LogP contribution in [0.15, 0.2) is 29.6 Å². The zero-order chi connectivity index (χ0) is 16.7.